The minimum atomic E-state index is -0.628. The molecule has 3 aromatic rings. The van der Waals surface area contributed by atoms with Gasteiger partial charge in [0.15, 0.2) is 11.4 Å². The van der Waals surface area contributed by atoms with E-state index in [1.165, 1.54) is 0 Å². The van der Waals surface area contributed by atoms with Crippen LogP contribution in [0.3, 0.4) is 0 Å². The molecule has 0 fully saturated rings. The number of benzene rings is 2. The molecule has 0 saturated heterocycles. The highest BCUT2D eigenvalue weighted by Crippen LogP contribution is 2.40. The van der Waals surface area contributed by atoms with Crippen molar-refractivity contribution in [3.05, 3.63) is 70.4 Å². The summed E-state index contributed by atoms with van der Waals surface area (Å²) in [6, 6.07) is 14.3. The summed E-state index contributed by atoms with van der Waals surface area (Å²) in [6.45, 7) is 0.784. The number of oxazole rings is 1. The van der Waals surface area contributed by atoms with E-state index in [-0.39, 0.29) is 24.1 Å². The number of amides is 1. The molecule has 10 heteroatoms. The summed E-state index contributed by atoms with van der Waals surface area (Å²) in [5, 5.41) is 9.61. The number of rotatable bonds is 6. The van der Waals surface area contributed by atoms with Crippen molar-refractivity contribution in [1.82, 2.24) is 15.6 Å². The Hall–Kier alpha value is -3.69. The first-order valence-corrected chi connectivity index (χ1v) is 11.7. The van der Waals surface area contributed by atoms with Gasteiger partial charge in [-0.3, -0.25) is 14.9 Å². The second kappa shape index (κ2) is 9.89. The van der Waals surface area contributed by atoms with Gasteiger partial charge >= 0.3 is 6.01 Å². The fourth-order valence-corrected chi connectivity index (χ4v) is 4.59. The van der Waals surface area contributed by atoms with Gasteiger partial charge < -0.3 is 19.8 Å². The third kappa shape index (κ3) is 4.78. The summed E-state index contributed by atoms with van der Waals surface area (Å²) in [4.78, 5) is 35.2. The van der Waals surface area contributed by atoms with Crippen LogP contribution in [-0.2, 0) is 14.3 Å². The average molecular weight is 494 g/mol. The SMILES string of the molecule is COCCNC(=O)C1CC(=O)C2=C(C1)NC(Nc1nc3ccccc3o1)=NC2c1ccccc1Cl. The van der Waals surface area contributed by atoms with E-state index in [0.29, 0.717) is 58.5 Å². The Balaban J connectivity index is 1.46. The van der Waals surface area contributed by atoms with Crippen LogP contribution in [-0.4, -0.2) is 42.9 Å². The van der Waals surface area contributed by atoms with Crippen molar-refractivity contribution < 1.29 is 18.7 Å². The second-order valence-electron chi connectivity index (χ2n) is 8.34. The molecule has 2 unspecified atom stereocenters. The highest BCUT2D eigenvalue weighted by Gasteiger charge is 2.39. The van der Waals surface area contributed by atoms with E-state index in [4.69, 9.17) is 25.7 Å². The number of allylic oxidation sites excluding steroid dienone is 1. The van der Waals surface area contributed by atoms with Crippen molar-refractivity contribution >= 4 is 46.4 Å². The van der Waals surface area contributed by atoms with Gasteiger partial charge in [0.25, 0.3) is 0 Å². The Labute approximate surface area is 206 Å². The highest BCUT2D eigenvalue weighted by atomic mass is 35.5. The Kier molecular flexibility index (Phi) is 6.52. The number of nitrogens with one attached hydrogen (secondary N) is 3. The topological polar surface area (TPSA) is 118 Å². The molecule has 0 bridgehead atoms. The van der Waals surface area contributed by atoms with Crippen LogP contribution in [0.5, 0.6) is 0 Å². The first-order valence-electron chi connectivity index (χ1n) is 11.3. The number of ketones is 1. The summed E-state index contributed by atoms with van der Waals surface area (Å²) in [7, 11) is 1.57. The number of aromatic nitrogens is 1. The third-order valence-electron chi connectivity index (χ3n) is 6.00. The number of ether oxygens (including phenoxy) is 1. The number of anilines is 1. The zero-order valence-electron chi connectivity index (χ0n) is 19.0. The molecule has 0 radical (unpaired) electrons. The maximum absolute atomic E-state index is 13.3. The molecule has 9 nitrogen and oxygen atoms in total. The van der Waals surface area contributed by atoms with Crippen molar-refractivity contribution in [2.45, 2.75) is 18.9 Å². The molecule has 2 aromatic carbocycles. The molecule has 5 rings (SSSR count). The molecule has 180 valence electrons. The van der Waals surface area contributed by atoms with Gasteiger partial charge in [-0.25, -0.2) is 4.99 Å². The molecule has 0 spiro atoms. The second-order valence-corrected chi connectivity index (χ2v) is 8.75. The van der Waals surface area contributed by atoms with Crippen LogP contribution in [0.1, 0.15) is 24.4 Å². The van der Waals surface area contributed by atoms with E-state index in [2.05, 4.69) is 20.9 Å². The van der Waals surface area contributed by atoms with Crippen LogP contribution >= 0.6 is 11.6 Å². The van der Waals surface area contributed by atoms with Gasteiger partial charge in [0.2, 0.25) is 11.9 Å². The molecule has 2 atom stereocenters. The number of aliphatic imine (C=N–C) groups is 1. The van der Waals surface area contributed by atoms with E-state index in [1.807, 2.05) is 42.5 Å². The summed E-state index contributed by atoms with van der Waals surface area (Å²) in [6.07, 6.45) is 0.457. The Morgan fingerprint density at radius 3 is 2.80 bits per heavy atom. The average Bonchev–Trinajstić information content (AvgIpc) is 3.26. The normalized spacial score (nSPS) is 19.7. The number of nitrogens with zero attached hydrogens (tertiary/aromatic N) is 2. The van der Waals surface area contributed by atoms with E-state index in [9.17, 15) is 9.59 Å². The number of guanidine groups is 1. The molecule has 1 aliphatic carbocycles. The van der Waals surface area contributed by atoms with Crippen molar-refractivity contribution in [2.75, 3.05) is 25.6 Å². The quantitative estimate of drug-likeness (QED) is 0.449. The fraction of sp³-hybridized carbons (Fsp3) is 0.280. The number of carbonyl (C=O) groups is 2. The van der Waals surface area contributed by atoms with Crippen molar-refractivity contribution in [2.24, 2.45) is 10.9 Å². The number of halogens is 1. The number of methoxy groups -OCH3 is 1. The predicted octanol–water partition coefficient (Wildman–Crippen LogP) is 3.59. The minimum Gasteiger partial charge on any atom is -0.423 e. The van der Waals surface area contributed by atoms with Gasteiger partial charge in [0, 0.05) is 42.8 Å². The third-order valence-corrected chi connectivity index (χ3v) is 6.35. The lowest BCUT2D eigenvalue weighted by Crippen LogP contribution is -2.43. The van der Waals surface area contributed by atoms with Crippen LogP contribution in [0, 0.1) is 5.92 Å². The first-order chi connectivity index (χ1) is 17.0. The van der Waals surface area contributed by atoms with Gasteiger partial charge in [-0.05, 0) is 23.8 Å². The molecule has 3 N–H and O–H groups in total. The molecule has 1 amide bonds. The van der Waals surface area contributed by atoms with E-state index >= 15 is 0 Å². The van der Waals surface area contributed by atoms with Gasteiger partial charge in [0.05, 0.1) is 12.5 Å². The number of Topliss-reactive ketones (excluding diaryl/α,β-unsaturated/α-hetero) is 1. The number of para-hydroxylation sites is 2. The molecular formula is C25H24ClN5O4. The van der Waals surface area contributed by atoms with Crippen LogP contribution in [0.15, 0.2) is 69.2 Å². The van der Waals surface area contributed by atoms with Crippen LogP contribution in [0.2, 0.25) is 5.02 Å². The largest absolute Gasteiger partial charge is 0.423 e. The van der Waals surface area contributed by atoms with Crippen molar-refractivity contribution in [3.8, 4) is 0 Å². The van der Waals surface area contributed by atoms with Crippen LogP contribution in [0.25, 0.3) is 11.1 Å². The van der Waals surface area contributed by atoms with Gasteiger partial charge in [-0.15, -0.1) is 0 Å². The van der Waals surface area contributed by atoms with E-state index in [1.54, 1.807) is 13.2 Å². The number of hydrogen-bond acceptors (Lipinski definition) is 8. The molecule has 35 heavy (non-hydrogen) atoms. The lowest BCUT2D eigenvalue weighted by atomic mass is 9.80. The molecule has 1 aromatic heterocycles. The van der Waals surface area contributed by atoms with Crippen LogP contribution < -0.4 is 16.0 Å². The number of carbonyl (C=O) groups excluding carboxylic acids is 2. The zero-order chi connectivity index (χ0) is 24.4. The van der Waals surface area contributed by atoms with Crippen molar-refractivity contribution in [1.29, 1.82) is 0 Å². The Bertz CT molecular complexity index is 1320. The Morgan fingerprint density at radius 1 is 1.20 bits per heavy atom. The molecule has 2 heterocycles. The summed E-state index contributed by atoms with van der Waals surface area (Å²) < 4.78 is 10.8. The van der Waals surface area contributed by atoms with E-state index in [0.717, 1.165) is 0 Å². The summed E-state index contributed by atoms with van der Waals surface area (Å²) >= 11 is 6.50. The monoisotopic (exact) mass is 493 g/mol. The lowest BCUT2D eigenvalue weighted by Gasteiger charge is -2.33. The minimum absolute atomic E-state index is 0.101. The number of fused-ring (bicyclic) bond motifs is 1. The number of hydrogen-bond donors (Lipinski definition) is 3. The van der Waals surface area contributed by atoms with E-state index < -0.39 is 12.0 Å². The smallest absolute Gasteiger partial charge is 0.302 e. The lowest BCUT2D eigenvalue weighted by molar-refractivity contribution is -0.129. The maximum atomic E-state index is 13.3. The Morgan fingerprint density at radius 2 is 2.00 bits per heavy atom. The predicted molar refractivity (Wildman–Crippen MR) is 132 cm³/mol. The fourth-order valence-electron chi connectivity index (χ4n) is 4.35. The summed E-state index contributed by atoms with van der Waals surface area (Å²) in [5.74, 6) is -0.469. The zero-order valence-corrected chi connectivity index (χ0v) is 19.8. The van der Waals surface area contributed by atoms with Gasteiger partial charge in [0.1, 0.15) is 11.6 Å². The summed E-state index contributed by atoms with van der Waals surface area (Å²) in [5.41, 5.74) is 3.19. The first kappa shape index (κ1) is 23.1. The van der Waals surface area contributed by atoms with Crippen molar-refractivity contribution in [3.63, 3.8) is 0 Å². The highest BCUT2D eigenvalue weighted by molar-refractivity contribution is 6.31. The molecule has 2 aliphatic rings. The van der Waals surface area contributed by atoms with Gasteiger partial charge in [-0.2, -0.15) is 4.98 Å². The van der Waals surface area contributed by atoms with Gasteiger partial charge in [-0.1, -0.05) is 41.9 Å². The molecule has 1 aliphatic heterocycles. The molecule has 0 saturated carbocycles. The maximum Gasteiger partial charge on any atom is 0.302 e. The standard InChI is InChI=1S/C25H24ClN5O4/c1-34-11-10-27-23(33)14-12-18-21(19(32)13-14)22(15-6-2-3-7-16(15)26)30-24(28-18)31-25-29-17-8-4-5-9-20(17)35-25/h2-9,14,22H,10-13H2,1H3,(H,27,33)(H2,28,29,30,31). The molecular weight excluding hydrogens is 470 g/mol. The van der Waals surface area contributed by atoms with Crippen LogP contribution in [0.4, 0.5) is 6.01 Å².